The van der Waals surface area contributed by atoms with Crippen molar-refractivity contribution in [2.75, 3.05) is 13.2 Å². The van der Waals surface area contributed by atoms with E-state index in [1.54, 1.807) is 0 Å². The lowest BCUT2D eigenvalue weighted by atomic mass is 9.98. The lowest BCUT2D eigenvalue weighted by Gasteiger charge is -2.19. The smallest absolute Gasteiger partial charge is 0.407 e. The van der Waals surface area contributed by atoms with E-state index >= 15 is 0 Å². The number of benzene rings is 2. The molecule has 3 rings (SSSR count). The van der Waals surface area contributed by atoms with Crippen LogP contribution >= 0.6 is 0 Å². The monoisotopic (exact) mass is 407 g/mol. The Labute approximate surface area is 175 Å². The minimum absolute atomic E-state index is 0.0233. The van der Waals surface area contributed by atoms with Crippen LogP contribution in [0, 0.1) is 5.92 Å². The number of rotatable bonds is 8. The van der Waals surface area contributed by atoms with Gasteiger partial charge in [-0.05, 0) is 34.6 Å². The summed E-state index contributed by atoms with van der Waals surface area (Å²) in [7, 11) is 0. The van der Waals surface area contributed by atoms with Crippen LogP contribution in [0.25, 0.3) is 11.1 Å². The highest BCUT2D eigenvalue weighted by Gasteiger charge is 2.29. The number of isocyanates is 1. The fourth-order valence-electron chi connectivity index (χ4n) is 3.60. The molecule has 7 heteroatoms. The average Bonchev–Trinajstić information content (AvgIpc) is 3.09. The molecule has 0 radical (unpaired) electrons. The molecular formula is C23H25N3O4. The highest BCUT2D eigenvalue weighted by atomic mass is 16.5. The molecule has 30 heavy (non-hydrogen) atoms. The number of carbonyl (C=O) groups excluding carboxylic acids is 3. The third-order valence-electron chi connectivity index (χ3n) is 5.42. The number of nitrogens with one attached hydrogen (secondary N) is 2. The van der Waals surface area contributed by atoms with Gasteiger partial charge in [0.2, 0.25) is 12.0 Å². The van der Waals surface area contributed by atoms with Crippen molar-refractivity contribution in [1.82, 2.24) is 10.6 Å². The van der Waals surface area contributed by atoms with Crippen molar-refractivity contribution in [3.63, 3.8) is 0 Å². The van der Waals surface area contributed by atoms with Crippen LogP contribution in [0.5, 0.6) is 0 Å². The van der Waals surface area contributed by atoms with Gasteiger partial charge in [0.25, 0.3) is 0 Å². The van der Waals surface area contributed by atoms with Gasteiger partial charge in [-0.2, -0.15) is 4.99 Å². The number of ether oxygens (including phenoxy) is 1. The Kier molecular flexibility index (Phi) is 6.99. The van der Waals surface area contributed by atoms with Crippen molar-refractivity contribution in [1.29, 1.82) is 0 Å². The van der Waals surface area contributed by atoms with E-state index in [1.165, 1.54) is 6.08 Å². The molecule has 0 saturated heterocycles. The van der Waals surface area contributed by atoms with Crippen LogP contribution in [0.2, 0.25) is 0 Å². The Morgan fingerprint density at radius 1 is 1.10 bits per heavy atom. The molecule has 0 saturated carbocycles. The zero-order chi connectivity index (χ0) is 21.5. The quantitative estimate of drug-likeness (QED) is 0.518. The molecule has 7 nitrogen and oxygen atoms in total. The third-order valence-corrected chi connectivity index (χ3v) is 5.42. The molecule has 2 N–H and O–H groups in total. The van der Waals surface area contributed by atoms with Crippen molar-refractivity contribution in [3.8, 4) is 11.1 Å². The number of aliphatic imine (C=N–C) groups is 1. The zero-order valence-corrected chi connectivity index (χ0v) is 17.1. The Balaban J connectivity index is 1.54. The normalized spacial score (nSPS) is 13.9. The maximum Gasteiger partial charge on any atom is 0.407 e. The van der Waals surface area contributed by atoms with Gasteiger partial charge in [0.1, 0.15) is 19.3 Å². The van der Waals surface area contributed by atoms with Crippen molar-refractivity contribution < 1.29 is 19.1 Å². The molecule has 1 aliphatic carbocycles. The first-order chi connectivity index (χ1) is 14.5. The molecule has 0 aliphatic heterocycles. The van der Waals surface area contributed by atoms with Crippen LogP contribution in [0.1, 0.15) is 37.3 Å². The first-order valence-electron chi connectivity index (χ1n) is 10.00. The Morgan fingerprint density at radius 2 is 1.70 bits per heavy atom. The SMILES string of the molecule is CC[C@H](C)[C@@H](N=C=O)NC(=O)CNC(=O)OCC1c2ccccc2-c2ccccc21. The predicted molar refractivity (Wildman–Crippen MR) is 113 cm³/mol. The Bertz CT molecular complexity index is 923. The molecule has 0 bridgehead atoms. The van der Waals surface area contributed by atoms with Crippen LogP contribution < -0.4 is 10.6 Å². The second-order valence-electron chi connectivity index (χ2n) is 7.30. The van der Waals surface area contributed by atoms with E-state index in [2.05, 4.69) is 27.8 Å². The van der Waals surface area contributed by atoms with Crippen molar-refractivity contribution in [2.24, 2.45) is 10.9 Å². The zero-order valence-electron chi connectivity index (χ0n) is 17.1. The van der Waals surface area contributed by atoms with Gasteiger partial charge >= 0.3 is 6.09 Å². The van der Waals surface area contributed by atoms with Gasteiger partial charge in [-0.15, -0.1) is 0 Å². The number of hydrogen-bond donors (Lipinski definition) is 2. The highest BCUT2D eigenvalue weighted by molar-refractivity contribution is 5.82. The van der Waals surface area contributed by atoms with Crippen LogP contribution in [-0.4, -0.2) is 37.4 Å². The van der Waals surface area contributed by atoms with E-state index in [4.69, 9.17) is 4.74 Å². The molecule has 0 aromatic heterocycles. The molecule has 156 valence electrons. The second-order valence-corrected chi connectivity index (χ2v) is 7.30. The summed E-state index contributed by atoms with van der Waals surface area (Å²) in [5, 5.41) is 5.05. The maximum atomic E-state index is 12.1. The van der Waals surface area contributed by atoms with Crippen molar-refractivity contribution >= 4 is 18.1 Å². The van der Waals surface area contributed by atoms with E-state index in [0.717, 1.165) is 28.7 Å². The number of amides is 2. The van der Waals surface area contributed by atoms with Gasteiger partial charge in [0.05, 0.1) is 0 Å². The van der Waals surface area contributed by atoms with Crippen LogP contribution in [0.4, 0.5) is 4.79 Å². The van der Waals surface area contributed by atoms with Gasteiger partial charge in [-0.1, -0.05) is 62.4 Å². The molecule has 2 amide bonds. The summed E-state index contributed by atoms with van der Waals surface area (Å²) in [6.45, 7) is 3.70. The average molecular weight is 407 g/mol. The highest BCUT2D eigenvalue weighted by Crippen LogP contribution is 2.44. The van der Waals surface area contributed by atoms with Crippen LogP contribution in [0.15, 0.2) is 53.5 Å². The molecule has 2 aromatic rings. The number of hydrogen-bond acceptors (Lipinski definition) is 5. The Hall–Kier alpha value is -3.44. The molecule has 1 aliphatic rings. The fraction of sp³-hybridized carbons (Fsp3) is 0.348. The van der Waals surface area contributed by atoms with E-state index in [0.29, 0.717) is 0 Å². The standard InChI is InChI=1S/C23H25N3O4/c1-3-15(2)22(25-14-27)26-21(28)12-24-23(29)30-13-20-18-10-6-4-8-16(18)17-9-5-7-11-19(17)20/h4-11,15,20,22H,3,12-13H2,1-2H3,(H,24,29)(H,26,28)/t15-,22-/m0/s1. The van der Waals surface area contributed by atoms with E-state index < -0.39 is 18.2 Å². The molecule has 0 spiro atoms. The third kappa shape index (κ3) is 4.75. The molecule has 0 unspecified atom stereocenters. The summed E-state index contributed by atoms with van der Waals surface area (Å²) < 4.78 is 5.40. The van der Waals surface area contributed by atoms with Crippen molar-refractivity contribution in [2.45, 2.75) is 32.4 Å². The van der Waals surface area contributed by atoms with Gasteiger partial charge < -0.3 is 15.4 Å². The summed E-state index contributed by atoms with van der Waals surface area (Å²) >= 11 is 0. The van der Waals surface area contributed by atoms with Gasteiger partial charge in [0, 0.05) is 5.92 Å². The number of carbonyl (C=O) groups is 2. The minimum atomic E-state index is -0.675. The fourth-order valence-corrected chi connectivity index (χ4v) is 3.60. The van der Waals surface area contributed by atoms with E-state index in [-0.39, 0.29) is 25.0 Å². The summed E-state index contributed by atoms with van der Waals surface area (Å²) in [5.74, 6) is -0.522. The number of alkyl carbamates (subject to hydrolysis) is 1. The predicted octanol–water partition coefficient (Wildman–Crippen LogP) is 3.35. The van der Waals surface area contributed by atoms with Crippen molar-refractivity contribution in [3.05, 3.63) is 59.7 Å². The summed E-state index contributed by atoms with van der Waals surface area (Å²) in [5.41, 5.74) is 4.53. The summed E-state index contributed by atoms with van der Waals surface area (Å²) in [6.07, 6.45) is 0.864. The van der Waals surface area contributed by atoms with Gasteiger partial charge in [0.15, 0.2) is 0 Å². The molecule has 2 atom stereocenters. The summed E-state index contributed by atoms with van der Waals surface area (Å²) in [6, 6.07) is 16.1. The van der Waals surface area contributed by atoms with Crippen LogP contribution in [0.3, 0.4) is 0 Å². The first-order valence-corrected chi connectivity index (χ1v) is 10.00. The first kappa shape index (κ1) is 21.3. The lowest BCUT2D eigenvalue weighted by molar-refractivity contribution is -0.121. The minimum Gasteiger partial charge on any atom is -0.449 e. The molecular weight excluding hydrogens is 382 g/mol. The van der Waals surface area contributed by atoms with E-state index in [9.17, 15) is 14.4 Å². The molecule has 0 fully saturated rings. The Morgan fingerprint density at radius 3 is 2.27 bits per heavy atom. The molecule has 0 heterocycles. The second kappa shape index (κ2) is 9.85. The topological polar surface area (TPSA) is 96.9 Å². The maximum absolute atomic E-state index is 12.1. The van der Waals surface area contributed by atoms with Crippen LogP contribution in [-0.2, 0) is 14.3 Å². The van der Waals surface area contributed by atoms with Gasteiger partial charge in [-0.25, -0.2) is 9.59 Å². The number of fused-ring (bicyclic) bond motifs is 3. The largest absolute Gasteiger partial charge is 0.449 e. The lowest BCUT2D eigenvalue weighted by Crippen LogP contribution is -2.43. The molecule has 2 aromatic carbocycles. The van der Waals surface area contributed by atoms with Gasteiger partial charge in [-0.3, -0.25) is 4.79 Å². The summed E-state index contributed by atoms with van der Waals surface area (Å²) in [4.78, 5) is 38.3. The number of nitrogens with zero attached hydrogens (tertiary/aromatic N) is 1. The van der Waals surface area contributed by atoms with E-state index in [1.807, 2.05) is 50.2 Å².